The summed E-state index contributed by atoms with van der Waals surface area (Å²) in [6.07, 6.45) is 5.31. The molecule has 0 aliphatic heterocycles. The first-order chi connectivity index (χ1) is 9.07. The van der Waals surface area contributed by atoms with Crippen molar-refractivity contribution in [2.24, 2.45) is 0 Å². The summed E-state index contributed by atoms with van der Waals surface area (Å²) in [4.78, 5) is 0. The van der Waals surface area contributed by atoms with E-state index in [1.54, 1.807) is 13.2 Å². The van der Waals surface area contributed by atoms with Crippen LogP contribution >= 0.6 is 15.9 Å². The van der Waals surface area contributed by atoms with Crippen molar-refractivity contribution in [1.29, 1.82) is 0 Å². The molecule has 0 heterocycles. The van der Waals surface area contributed by atoms with E-state index in [9.17, 15) is 4.39 Å². The van der Waals surface area contributed by atoms with Gasteiger partial charge in [-0.15, -0.1) is 0 Å². The Hall–Kier alpha value is -0.450. The minimum atomic E-state index is -0.190. The van der Waals surface area contributed by atoms with Crippen molar-refractivity contribution in [2.45, 2.75) is 43.7 Å². The highest BCUT2D eigenvalue weighted by molar-refractivity contribution is 9.10. The van der Waals surface area contributed by atoms with Gasteiger partial charge in [0.1, 0.15) is 5.82 Å². The molecule has 1 unspecified atom stereocenters. The van der Waals surface area contributed by atoms with E-state index in [4.69, 9.17) is 4.74 Å². The zero-order valence-electron chi connectivity index (χ0n) is 11.5. The number of hydrogen-bond acceptors (Lipinski definition) is 2. The van der Waals surface area contributed by atoms with Crippen LogP contribution in [-0.2, 0) is 11.2 Å². The van der Waals surface area contributed by atoms with Crippen molar-refractivity contribution in [3.63, 3.8) is 0 Å². The third-order valence-electron chi connectivity index (χ3n) is 4.13. The van der Waals surface area contributed by atoms with Crippen LogP contribution < -0.4 is 5.32 Å². The lowest BCUT2D eigenvalue weighted by Gasteiger charge is -2.42. The fourth-order valence-corrected chi connectivity index (χ4v) is 3.31. The Labute approximate surface area is 122 Å². The number of hydrogen-bond donors (Lipinski definition) is 1. The van der Waals surface area contributed by atoms with Crippen LogP contribution in [-0.4, -0.2) is 25.8 Å². The molecule has 1 aliphatic carbocycles. The van der Waals surface area contributed by atoms with Gasteiger partial charge in [-0.25, -0.2) is 4.39 Å². The SMILES string of the molecule is CNC(Cc1cc(F)cc(Br)c1)CC1(OC)CCC1. The van der Waals surface area contributed by atoms with Gasteiger partial charge in [-0.1, -0.05) is 15.9 Å². The highest BCUT2D eigenvalue weighted by atomic mass is 79.9. The standard InChI is InChI=1S/C15H21BrFNO/c1-18-14(10-15(19-2)4-3-5-15)8-11-6-12(16)9-13(17)7-11/h6-7,9,14,18H,3-5,8,10H2,1-2H3. The summed E-state index contributed by atoms with van der Waals surface area (Å²) in [5.41, 5.74) is 1.05. The lowest BCUT2D eigenvalue weighted by Crippen LogP contribution is -2.45. The first-order valence-corrected chi connectivity index (χ1v) is 7.53. The molecule has 0 spiro atoms. The molecule has 19 heavy (non-hydrogen) atoms. The van der Waals surface area contributed by atoms with Crippen molar-refractivity contribution in [1.82, 2.24) is 5.32 Å². The number of ether oxygens (including phenoxy) is 1. The molecule has 1 atom stereocenters. The van der Waals surface area contributed by atoms with Crippen LogP contribution in [0.3, 0.4) is 0 Å². The van der Waals surface area contributed by atoms with Crippen molar-refractivity contribution < 1.29 is 9.13 Å². The fourth-order valence-electron chi connectivity index (χ4n) is 2.80. The van der Waals surface area contributed by atoms with E-state index in [0.29, 0.717) is 6.04 Å². The monoisotopic (exact) mass is 329 g/mol. The van der Waals surface area contributed by atoms with Crippen LogP contribution in [0.2, 0.25) is 0 Å². The van der Waals surface area contributed by atoms with Gasteiger partial charge < -0.3 is 10.1 Å². The average Bonchev–Trinajstić information content (AvgIpc) is 2.31. The van der Waals surface area contributed by atoms with Crippen LogP contribution in [0.15, 0.2) is 22.7 Å². The molecule has 1 aromatic carbocycles. The highest BCUT2D eigenvalue weighted by Gasteiger charge is 2.38. The number of benzene rings is 1. The Morgan fingerprint density at radius 1 is 1.42 bits per heavy atom. The van der Waals surface area contributed by atoms with Gasteiger partial charge in [0, 0.05) is 17.6 Å². The van der Waals surface area contributed by atoms with Crippen LogP contribution in [0.25, 0.3) is 0 Å². The normalized spacial score (nSPS) is 18.9. The maximum atomic E-state index is 13.4. The molecular formula is C15H21BrFNO. The lowest BCUT2D eigenvalue weighted by atomic mass is 9.75. The minimum absolute atomic E-state index is 0.0399. The van der Waals surface area contributed by atoms with Crippen molar-refractivity contribution in [3.8, 4) is 0 Å². The average molecular weight is 330 g/mol. The molecule has 0 saturated heterocycles. The Kier molecular flexibility index (Phi) is 4.98. The largest absolute Gasteiger partial charge is 0.378 e. The maximum absolute atomic E-state index is 13.4. The summed E-state index contributed by atoms with van der Waals surface area (Å²) in [6.45, 7) is 0. The van der Waals surface area contributed by atoms with Gasteiger partial charge in [0.15, 0.2) is 0 Å². The van der Waals surface area contributed by atoms with Gasteiger partial charge in [0.2, 0.25) is 0 Å². The first-order valence-electron chi connectivity index (χ1n) is 6.74. The summed E-state index contributed by atoms with van der Waals surface area (Å²) >= 11 is 3.34. The van der Waals surface area contributed by atoms with Crippen molar-refractivity contribution >= 4 is 15.9 Å². The third kappa shape index (κ3) is 3.77. The van der Waals surface area contributed by atoms with Crippen molar-refractivity contribution in [3.05, 3.63) is 34.1 Å². The summed E-state index contributed by atoms with van der Waals surface area (Å²) in [5, 5.41) is 3.33. The quantitative estimate of drug-likeness (QED) is 0.859. The van der Waals surface area contributed by atoms with Crippen molar-refractivity contribution in [2.75, 3.05) is 14.2 Å². The molecule has 1 aliphatic rings. The molecule has 0 bridgehead atoms. The molecule has 0 radical (unpaired) electrons. The number of methoxy groups -OCH3 is 1. The predicted molar refractivity (Wildman–Crippen MR) is 78.9 cm³/mol. The second kappa shape index (κ2) is 6.33. The van der Waals surface area contributed by atoms with E-state index in [1.165, 1.54) is 12.5 Å². The molecule has 0 aromatic heterocycles. The Morgan fingerprint density at radius 3 is 2.63 bits per heavy atom. The molecule has 2 nitrogen and oxygen atoms in total. The highest BCUT2D eigenvalue weighted by Crippen LogP contribution is 2.39. The molecule has 1 aromatic rings. The zero-order chi connectivity index (χ0) is 13.9. The van der Waals surface area contributed by atoms with Crippen LogP contribution in [0.4, 0.5) is 4.39 Å². The number of likely N-dealkylation sites (N-methyl/N-ethyl adjacent to an activating group) is 1. The molecule has 106 valence electrons. The fraction of sp³-hybridized carbons (Fsp3) is 0.600. The molecular weight excluding hydrogens is 309 g/mol. The van der Waals surface area contributed by atoms with E-state index in [-0.39, 0.29) is 11.4 Å². The first kappa shape index (κ1) is 14.9. The number of nitrogens with one attached hydrogen (secondary N) is 1. The smallest absolute Gasteiger partial charge is 0.124 e. The number of halogens is 2. The maximum Gasteiger partial charge on any atom is 0.124 e. The van der Waals surface area contributed by atoms with E-state index < -0.39 is 0 Å². The van der Waals surface area contributed by atoms with E-state index in [2.05, 4.69) is 21.2 Å². The third-order valence-corrected chi connectivity index (χ3v) is 4.59. The van der Waals surface area contributed by atoms with Crippen LogP contribution in [0, 0.1) is 5.82 Å². The minimum Gasteiger partial charge on any atom is -0.378 e. The summed E-state index contributed by atoms with van der Waals surface area (Å²) in [6, 6.07) is 5.39. The zero-order valence-corrected chi connectivity index (χ0v) is 13.1. The van der Waals surface area contributed by atoms with E-state index in [0.717, 1.165) is 35.7 Å². The second-order valence-electron chi connectivity index (χ2n) is 5.41. The van der Waals surface area contributed by atoms with Crippen LogP contribution in [0.1, 0.15) is 31.2 Å². The summed E-state index contributed by atoms with van der Waals surface area (Å²) in [5.74, 6) is -0.190. The second-order valence-corrected chi connectivity index (χ2v) is 6.33. The lowest BCUT2D eigenvalue weighted by molar-refractivity contribution is -0.0830. The molecule has 2 rings (SSSR count). The topological polar surface area (TPSA) is 21.3 Å². The van der Waals surface area contributed by atoms with Gasteiger partial charge in [-0.2, -0.15) is 0 Å². The van der Waals surface area contributed by atoms with Gasteiger partial charge in [-0.05, 0) is 62.9 Å². The van der Waals surface area contributed by atoms with Gasteiger partial charge in [-0.3, -0.25) is 0 Å². The Balaban J connectivity index is 2.02. The Morgan fingerprint density at radius 2 is 2.16 bits per heavy atom. The van der Waals surface area contributed by atoms with E-state index in [1.807, 2.05) is 13.1 Å². The molecule has 1 fully saturated rings. The van der Waals surface area contributed by atoms with E-state index >= 15 is 0 Å². The molecule has 1 saturated carbocycles. The number of rotatable bonds is 6. The molecule has 0 amide bonds. The molecule has 1 N–H and O–H groups in total. The van der Waals surface area contributed by atoms with Gasteiger partial charge in [0.25, 0.3) is 0 Å². The molecule has 4 heteroatoms. The van der Waals surface area contributed by atoms with Gasteiger partial charge >= 0.3 is 0 Å². The summed E-state index contributed by atoms with van der Waals surface area (Å²) < 4.78 is 19.9. The van der Waals surface area contributed by atoms with Crippen LogP contribution in [0.5, 0.6) is 0 Å². The predicted octanol–water partition coefficient (Wildman–Crippen LogP) is 3.68. The summed E-state index contributed by atoms with van der Waals surface area (Å²) in [7, 11) is 3.76. The van der Waals surface area contributed by atoms with Gasteiger partial charge in [0.05, 0.1) is 5.60 Å². The Bertz CT molecular complexity index is 408.